The quantitative estimate of drug-likeness (QED) is 0.687. The summed E-state index contributed by atoms with van der Waals surface area (Å²) in [7, 11) is -4.33. The van der Waals surface area contributed by atoms with Crippen molar-refractivity contribution >= 4 is 21.0 Å². The smallest absolute Gasteiger partial charge is 0.252 e. The van der Waals surface area contributed by atoms with Crippen LogP contribution in [0.1, 0.15) is 16.7 Å². The second kappa shape index (κ2) is 6.98. The number of pyridine rings is 1. The average molecular weight is 345 g/mol. The number of hydrogen-bond donors (Lipinski definition) is 1. The van der Waals surface area contributed by atoms with Gasteiger partial charge in [0.2, 0.25) is 0 Å². The minimum absolute atomic E-state index is 0.0851. The lowest BCUT2D eigenvalue weighted by atomic mass is 10.1. The summed E-state index contributed by atoms with van der Waals surface area (Å²) in [4.78, 5) is 2.88. The first-order valence-electron chi connectivity index (χ1n) is 7.32. The van der Waals surface area contributed by atoms with Crippen LogP contribution in [-0.2, 0) is 10.1 Å². The van der Waals surface area contributed by atoms with Gasteiger partial charge < -0.3 is 9.66 Å². The van der Waals surface area contributed by atoms with E-state index >= 15 is 0 Å². The molecule has 0 unspecified atom stereocenters. The Morgan fingerprint density at radius 1 is 1.00 bits per heavy atom. The Kier molecular flexibility index (Phi) is 5.21. The Morgan fingerprint density at radius 2 is 1.58 bits per heavy atom. The molecule has 1 aromatic heterocycles. The van der Waals surface area contributed by atoms with Crippen LogP contribution in [0.4, 0.5) is 0 Å². The highest BCUT2D eigenvalue weighted by Gasteiger charge is 2.09. The number of aromatic nitrogens is 1. The van der Waals surface area contributed by atoms with E-state index in [1.807, 2.05) is 31.2 Å². The van der Waals surface area contributed by atoms with Crippen molar-refractivity contribution < 1.29 is 23.1 Å². The van der Waals surface area contributed by atoms with Crippen LogP contribution in [0.5, 0.6) is 5.75 Å². The summed E-state index contributed by atoms with van der Waals surface area (Å²) in [5, 5.41) is 10.4. The molecule has 0 fully saturated rings. The van der Waals surface area contributed by atoms with E-state index in [2.05, 4.69) is 4.98 Å². The molecule has 1 heterocycles. The molecule has 0 amide bonds. The molecule has 2 N–H and O–H groups in total. The Hall–Kier alpha value is -2.44. The molecule has 5 nitrogen and oxygen atoms in total. The minimum atomic E-state index is -4.33. The van der Waals surface area contributed by atoms with Crippen molar-refractivity contribution in [2.75, 3.05) is 0 Å². The topological polar surface area (TPSA) is 91.6 Å². The molecule has 0 aliphatic rings. The summed E-state index contributed by atoms with van der Waals surface area (Å²) in [6, 6.07) is 12.7. The fourth-order valence-corrected chi connectivity index (χ4v) is 3.60. The lowest BCUT2D eigenvalue weighted by Crippen LogP contribution is -2.04. The van der Waals surface area contributed by atoms with Crippen LogP contribution in [0.3, 0.4) is 0 Å². The number of benzene rings is 2. The van der Waals surface area contributed by atoms with Gasteiger partial charge >= 0.3 is 0 Å². The average Bonchev–Trinajstić information content (AvgIpc) is 2.46. The van der Waals surface area contributed by atoms with E-state index in [1.54, 1.807) is 38.2 Å². The first-order valence-corrected chi connectivity index (χ1v) is 8.73. The molecule has 126 valence electrons. The summed E-state index contributed by atoms with van der Waals surface area (Å²) in [5.41, 5.74) is 2.79. The highest BCUT2D eigenvalue weighted by atomic mass is 32.2. The zero-order chi connectivity index (χ0) is 17.9. The molecule has 0 spiro atoms. The van der Waals surface area contributed by atoms with Crippen LogP contribution in [0.2, 0.25) is 0 Å². The molecule has 6 heteroatoms. The van der Waals surface area contributed by atoms with E-state index in [4.69, 9.17) is 0 Å². The normalized spacial score (nSPS) is 11.0. The highest BCUT2D eigenvalue weighted by Crippen LogP contribution is 2.21. The van der Waals surface area contributed by atoms with Gasteiger partial charge in [0.15, 0.2) is 11.9 Å². The summed E-state index contributed by atoms with van der Waals surface area (Å²) in [5.74, 6) is 0.295. The second-order valence-corrected chi connectivity index (χ2v) is 6.91. The SMILES string of the molecule is Cc1cc(C)c(S(=O)(=O)[O-])c(C)c1.Oc1cccc2ccc[nH+]c12. The number of hydrogen-bond acceptors (Lipinski definition) is 4. The summed E-state index contributed by atoms with van der Waals surface area (Å²) in [6.07, 6.45) is 1.79. The summed E-state index contributed by atoms with van der Waals surface area (Å²) < 4.78 is 32.5. The Bertz CT molecular complexity index is 953. The number of aromatic amines is 1. The number of nitrogens with one attached hydrogen (secondary N) is 1. The third-order valence-electron chi connectivity index (χ3n) is 3.53. The standard InChI is InChI=1S/C9H7NO.C9H12O3S/c11-8-5-1-3-7-4-2-6-10-9(7)8;1-6-4-7(2)9(8(3)5-6)13(10,11)12/h1-6,11H;4-5H,1-3H3,(H,10,11,12). The van der Waals surface area contributed by atoms with Crippen molar-refractivity contribution in [2.45, 2.75) is 25.7 Å². The molecular formula is C18H19NO4S. The fourth-order valence-electron chi connectivity index (χ4n) is 2.70. The van der Waals surface area contributed by atoms with Crippen LogP contribution >= 0.6 is 0 Å². The van der Waals surface area contributed by atoms with Crippen molar-refractivity contribution in [3.05, 3.63) is 65.4 Å². The molecule has 0 saturated heterocycles. The molecule has 0 aliphatic carbocycles. The van der Waals surface area contributed by atoms with E-state index < -0.39 is 10.1 Å². The number of fused-ring (bicyclic) bond motifs is 1. The van der Waals surface area contributed by atoms with Crippen molar-refractivity contribution in [3.8, 4) is 5.75 Å². The van der Waals surface area contributed by atoms with E-state index in [9.17, 15) is 18.1 Å². The van der Waals surface area contributed by atoms with Crippen LogP contribution < -0.4 is 4.98 Å². The Balaban J connectivity index is 0.000000175. The number of phenols is 1. The maximum absolute atomic E-state index is 10.8. The molecule has 3 aromatic rings. The predicted octanol–water partition coefficient (Wildman–Crippen LogP) is 2.88. The Labute approximate surface area is 141 Å². The molecule has 0 radical (unpaired) electrons. The third kappa shape index (κ3) is 4.10. The van der Waals surface area contributed by atoms with E-state index in [-0.39, 0.29) is 4.90 Å². The van der Waals surface area contributed by atoms with Gasteiger partial charge in [-0.1, -0.05) is 23.8 Å². The van der Waals surface area contributed by atoms with Gasteiger partial charge in [-0.15, -0.1) is 0 Å². The number of rotatable bonds is 1. The van der Waals surface area contributed by atoms with Gasteiger partial charge in [0, 0.05) is 6.07 Å². The third-order valence-corrected chi connectivity index (χ3v) is 4.67. The number of para-hydroxylation sites is 1. The molecule has 0 atom stereocenters. The van der Waals surface area contributed by atoms with E-state index in [0.717, 1.165) is 16.5 Å². The van der Waals surface area contributed by atoms with Gasteiger partial charge in [-0.05, 0) is 50.1 Å². The van der Waals surface area contributed by atoms with Crippen molar-refractivity contribution in [2.24, 2.45) is 0 Å². The van der Waals surface area contributed by atoms with E-state index in [1.165, 1.54) is 0 Å². The van der Waals surface area contributed by atoms with Crippen LogP contribution in [0.25, 0.3) is 10.9 Å². The van der Waals surface area contributed by atoms with Crippen LogP contribution in [-0.4, -0.2) is 18.1 Å². The van der Waals surface area contributed by atoms with Crippen molar-refractivity contribution in [1.82, 2.24) is 0 Å². The molecule has 0 bridgehead atoms. The second-order valence-electron chi connectivity index (χ2n) is 5.59. The van der Waals surface area contributed by atoms with Gasteiger partial charge in [0.25, 0.3) is 5.52 Å². The van der Waals surface area contributed by atoms with Gasteiger partial charge in [-0.3, -0.25) is 0 Å². The molecule has 0 aliphatic heterocycles. The monoisotopic (exact) mass is 345 g/mol. The maximum Gasteiger partial charge on any atom is 0.252 e. The van der Waals surface area contributed by atoms with Gasteiger partial charge in [-0.2, -0.15) is 0 Å². The number of phenolic OH excluding ortho intramolecular Hbond substituents is 1. The molecule has 0 saturated carbocycles. The van der Waals surface area contributed by atoms with Crippen molar-refractivity contribution in [1.29, 1.82) is 0 Å². The first-order chi connectivity index (χ1) is 11.2. The van der Waals surface area contributed by atoms with Crippen LogP contribution in [0, 0.1) is 20.8 Å². The van der Waals surface area contributed by atoms with Gasteiger partial charge in [0.1, 0.15) is 10.1 Å². The zero-order valence-electron chi connectivity index (χ0n) is 13.7. The molecule has 3 rings (SSSR count). The first kappa shape index (κ1) is 17.9. The van der Waals surface area contributed by atoms with Crippen LogP contribution in [0.15, 0.2) is 53.6 Å². The number of aromatic hydroxyl groups is 1. The predicted molar refractivity (Wildman–Crippen MR) is 90.8 cm³/mol. The summed E-state index contributed by atoms with van der Waals surface area (Å²) >= 11 is 0. The Morgan fingerprint density at radius 3 is 2.12 bits per heavy atom. The number of H-pyrrole nitrogens is 1. The minimum Gasteiger partial charge on any atom is -0.744 e. The maximum atomic E-state index is 10.8. The van der Waals surface area contributed by atoms with E-state index in [0.29, 0.717) is 16.9 Å². The lowest BCUT2D eigenvalue weighted by Gasteiger charge is -2.14. The molecule has 24 heavy (non-hydrogen) atoms. The lowest BCUT2D eigenvalue weighted by molar-refractivity contribution is -0.345. The highest BCUT2D eigenvalue weighted by molar-refractivity contribution is 7.85. The van der Waals surface area contributed by atoms with Crippen molar-refractivity contribution in [3.63, 3.8) is 0 Å². The van der Waals surface area contributed by atoms with Gasteiger partial charge in [-0.25, -0.2) is 13.4 Å². The molecular weight excluding hydrogens is 326 g/mol. The fraction of sp³-hybridized carbons (Fsp3) is 0.167. The summed E-state index contributed by atoms with van der Waals surface area (Å²) in [6.45, 7) is 5.12. The zero-order valence-corrected chi connectivity index (χ0v) is 14.5. The number of aryl methyl sites for hydroxylation is 3. The molecule has 2 aromatic carbocycles. The largest absolute Gasteiger partial charge is 0.744 e. The van der Waals surface area contributed by atoms with Gasteiger partial charge in [0.05, 0.1) is 10.3 Å².